The number of hydrogen-bond donors (Lipinski definition) is 1. The molecule has 35 heavy (non-hydrogen) atoms. The van der Waals surface area contributed by atoms with Crippen LogP contribution in [0.5, 0.6) is 0 Å². The van der Waals surface area contributed by atoms with E-state index < -0.39 is 23.7 Å². The van der Waals surface area contributed by atoms with Crippen molar-refractivity contribution in [1.82, 2.24) is 0 Å². The average molecular weight is 510 g/mol. The maximum atomic E-state index is 13.2. The van der Waals surface area contributed by atoms with Gasteiger partial charge in [-0.25, -0.2) is 4.79 Å². The van der Waals surface area contributed by atoms with Crippen LogP contribution < -0.4 is 4.90 Å². The standard InChI is InChI=1S/C27H21Cl2NO5/c1-15(2)35-27(34)17-8-11-19(12-9-17)30-23(16-6-4-3-5-7-16)22(25(32)26(30)33)24(31)18-10-13-20(28)21(29)14-18/h3-15,23,31H,1-2H3/b24-22-. The number of ether oxygens (including phenoxy) is 1. The molecule has 3 aromatic rings. The molecule has 3 aromatic carbocycles. The van der Waals surface area contributed by atoms with Gasteiger partial charge in [-0.3, -0.25) is 14.5 Å². The molecule has 0 radical (unpaired) electrons. The number of aliphatic hydroxyl groups excluding tert-OH is 1. The number of esters is 1. The van der Waals surface area contributed by atoms with Gasteiger partial charge in [-0.2, -0.15) is 0 Å². The Morgan fingerprint density at radius 1 is 0.914 bits per heavy atom. The van der Waals surface area contributed by atoms with E-state index >= 15 is 0 Å². The monoisotopic (exact) mass is 509 g/mol. The highest BCUT2D eigenvalue weighted by atomic mass is 35.5. The number of hydrogen-bond acceptors (Lipinski definition) is 5. The smallest absolute Gasteiger partial charge is 0.338 e. The molecule has 0 aromatic heterocycles. The summed E-state index contributed by atoms with van der Waals surface area (Å²) in [6.07, 6.45) is -0.278. The van der Waals surface area contributed by atoms with Crippen LogP contribution >= 0.6 is 23.2 Å². The number of amides is 1. The largest absolute Gasteiger partial charge is 0.507 e. The summed E-state index contributed by atoms with van der Waals surface area (Å²) in [7, 11) is 0. The van der Waals surface area contributed by atoms with Crippen LogP contribution in [0.2, 0.25) is 10.0 Å². The van der Waals surface area contributed by atoms with Gasteiger partial charge in [0, 0.05) is 11.3 Å². The number of aliphatic hydroxyl groups is 1. The predicted molar refractivity (Wildman–Crippen MR) is 135 cm³/mol. The number of nitrogens with zero attached hydrogens (tertiary/aromatic N) is 1. The van der Waals surface area contributed by atoms with Gasteiger partial charge in [-0.15, -0.1) is 0 Å². The molecule has 8 heteroatoms. The minimum atomic E-state index is -0.904. The van der Waals surface area contributed by atoms with Crippen molar-refractivity contribution >= 4 is 52.3 Å². The van der Waals surface area contributed by atoms with Gasteiger partial charge in [0.25, 0.3) is 11.7 Å². The molecule has 1 N–H and O–H groups in total. The Kier molecular flexibility index (Phi) is 6.96. The second kappa shape index (κ2) is 9.94. The third kappa shape index (κ3) is 4.81. The second-order valence-corrected chi connectivity index (χ2v) is 9.02. The third-order valence-corrected chi connectivity index (χ3v) is 6.22. The third-order valence-electron chi connectivity index (χ3n) is 5.48. The Bertz CT molecular complexity index is 1330. The highest BCUT2D eigenvalue weighted by Crippen LogP contribution is 2.42. The normalized spacial score (nSPS) is 17.2. The van der Waals surface area contributed by atoms with Crippen molar-refractivity contribution in [3.05, 3.63) is 105 Å². The first-order valence-electron chi connectivity index (χ1n) is 10.8. The maximum Gasteiger partial charge on any atom is 0.338 e. The van der Waals surface area contributed by atoms with Gasteiger partial charge in [0.05, 0.1) is 33.3 Å². The lowest BCUT2D eigenvalue weighted by Gasteiger charge is -2.25. The van der Waals surface area contributed by atoms with Crippen LogP contribution in [-0.2, 0) is 14.3 Å². The molecule has 1 aliphatic heterocycles. The number of carbonyl (C=O) groups is 3. The van der Waals surface area contributed by atoms with E-state index in [1.54, 1.807) is 50.2 Å². The summed E-state index contributed by atoms with van der Waals surface area (Å²) in [4.78, 5) is 39.9. The molecule has 0 bridgehead atoms. The molecule has 1 aliphatic rings. The molecule has 1 fully saturated rings. The first kappa shape index (κ1) is 24.5. The SMILES string of the molecule is CC(C)OC(=O)c1ccc(N2C(=O)C(=O)/C(=C(\O)c3ccc(Cl)c(Cl)c3)C2c2ccccc2)cc1. The molecule has 1 saturated heterocycles. The summed E-state index contributed by atoms with van der Waals surface area (Å²) in [6, 6.07) is 18.6. The summed E-state index contributed by atoms with van der Waals surface area (Å²) in [5, 5.41) is 11.6. The number of benzene rings is 3. The number of ketones is 1. The maximum absolute atomic E-state index is 13.2. The molecule has 0 spiro atoms. The van der Waals surface area contributed by atoms with Gasteiger partial charge in [-0.1, -0.05) is 53.5 Å². The Morgan fingerprint density at radius 2 is 1.54 bits per heavy atom. The minimum absolute atomic E-state index is 0.0807. The van der Waals surface area contributed by atoms with Crippen LogP contribution in [0.1, 0.15) is 41.4 Å². The quantitative estimate of drug-likeness (QED) is 0.192. The van der Waals surface area contributed by atoms with Gasteiger partial charge in [0.15, 0.2) is 0 Å². The van der Waals surface area contributed by atoms with Gasteiger partial charge < -0.3 is 9.84 Å². The zero-order valence-corrected chi connectivity index (χ0v) is 20.4. The molecule has 6 nitrogen and oxygen atoms in total. The van der Waals surface area contributed by atoms with Gasteiger partial charge in [-0.05, 0) is 61.9 Å². The summed E-state index contributed by atoms with van der Waals surface area (Å²) in [5.74, 6) is -2.51. The van der Waals surface area contributed by atoms with E-state index in [2.05, 4.69) is 0 Å². The molecule has 1 amide bonds. The number of carbonyl (C=O) groups excluding carboxylic acids is 3. The summed E-state index contributed by atoms with van der Waals surface area (Å²) < 4.78 is 5.21. The van der Waals surface area contributed by atoms with Crippen molar-refractivity contribution in [2.45, 2.75) is 26.0 Å². The fraction of sp³-hybridized carbons (Fsp3) is 0.148. The number of rotatable bonds is 5. The molecule has 1 atom stereocenters. The van der Waals surface area contributed by atoms with Crippen LogP contribution in [0.15, 0.2) is 78.4 Å². The fourth-order valence-electron chi connectivity index (χ4n) is 3.89. The van der Waals surface area contributed by atoms with E-state index in [-0.39, 0.29) is 28.0 Å². The predicted octanol–water partition coefficient (Wildman–Crippen LogP) is 6.18. The molecule has 1 heterocycles. The fourth-order valence-corrected chi connectivity index (χ4v) is 4.19. The van der Waals surface area contributed by atoms with E-state index in [0.29, 0.717) is 21.8 Å². The van der Waals surface area contributed by atoms with Crippen molar-refractivity contribution < 1.29 is 24.2 Å². The summed E-state index contributed by atoms with van der Waals surface area (Å²) in [6.45, 7) is 3.50. The molecule has 4 rings (SSSR count). The second-order valence-electron chi connectivity index (χ2n) is 8.21. The molecule has 178 valence electrons. The molecule has 0 saturated carbocycles. The average Bonchev–Trinajstić information content (AvgIpc) is 3.11. The molecular formula is C27H21Cl2NO5. The van der Waals surface area contributed by atoms with Crippen LogP contribution in [0.25, 0.3) is 5.76 Å². The highest BCUT2D eigenvalue weighted by molar-refractivity contribution is 6.51. The van der Waals surface area contributed by atoms with E-state index in [9.17, 15) is 19.5 Å². The van der Waals surface area contributed by atoms with Crippen LogP contribution in [-0.4, -0.2) is 28.9 Å². The molecule has 0 aliphatic carbocycles. The number of halogens is 2. The zero-order valence-electron chi connectivity index (χ0n) is 18.9. The molecule has 1 unspecified atom stereocenters. The summed E-state index contributed by atoms with van der Waals surface area (Å²) in [5.41, 5.74) is 1.49. The topological polar surface area (TPSA) is 83.9 Å². The lowest BCUT2D eigenvalue weighted by atomic mass is 9.95. The Morgan fingerprint density at radius 3 is 2.14 bits per heavy atom. The van der Waals surface area contributed by atoms with Gasteiger partial charge >= 0.3 is 5.97 Å². The Hall–Kier alpha value is -3.61. The van der Waals surface area contributed by atoms with Crippen LogP contribution in [0.4, 0.5) is 5.69 Å². The van der Waals surface area contributed by atoms with Crippen molar-refractivity contribution in [2.75, 3.05) is 4.90 Å². The van der Waals surface area contributed by atoms with E-state index in [1.807, 2.05) is 6.07 Å². The lowest BCUT2D eigenvalue weighted by Crippen LogP contribution is -2.29. The van der Waals surface area contributed by atoms with Gasteiger partial charge in [0.1, 0.15) is 5.76 Å². The Balaban J connectivity index is 1.83. The number of Topliss-reactive ketones (excluding diaryl/α,β-unsaturated/α-hetero) is 1. The molecular weight excluding hydrogens is 489 g/mol. The van der Waals surface area contributed by atoms with Crippen molar-refractivity contribution in [2.24, 2.45) is 0 Å². The van der Waals surface area contributed by atoms with E-state index in [0.717, 1.165) is 0 Å². The summed E-state index contributed by atoms with van der Waals surface area (Å²) >= 11 is 12.1. The number of anilines is 1. The Labute approximate surface area is 212 Å². The van der Waals surface area contributed by atoms with Crippen molar-refractivity contribution in [3.8, 4) is 0 Å². The zero-order chi connectivity index (χ0) is 25.3. The van der Waals surface area contributed by atoms with E-state index in [1.165, 1.54) is 35.2 Å². The van der Waals surface area contributed by atoms with Crippen molar-refractivity contribution in [3.63, 3.8) is 0 Å². The first-order valence-corrected chi connectivity index (χ1v) is 11.6. The van der Waals surface area contributed by atoms with Crippen LogP contribution in [0.3, 0.4) is 0 Å². The minimum Gasteiger partial charge on any atom is -0.507 e. The van der Waals surface area contributed by atoms with E-state index in [4.69, 9.17) is 27.9 Å². The van der Waals surface area contributed by atoms with Gasteiger partial charge in [0.2, 0.25) is 0 Å². The lowest BCUT2D eigenvalue weighted by molar-refractivity contribution is -0.132. The first-order chi connectivity index (χ1) is 16.7. The van der Waals surface area contributed by atoms with Crippen LogP contribution in [0, 0.1) is 0 Å². The van der Waals surface area contributed by atoms with Crippen molar-refractivity contribution in [1.29, 1.82) is 0 Å². The highest BCUT2D eigenvalue weighted by Gasteiger charge is 2.47.